The van der Waals surface area contributed by atoms with Crippen LogP contribution in [0.15, 0.2) is 4.42 Å². The predicted molar refractivity (Wildman–Crippen MR) is 100 cm³/mol. The fourth-order valence-corrected chi connectivity index (χ4v) is 3.56. The Balaban J connectivity index is 2.61. The van der Waals surface area contributed by atoms with Gasteiger partial charge in [-0.05, 0) is 74.6 Å². The van der Waals surface area contributed by atoms with Crippen molar-refractivity contribution in [3.05, 3.63) is 34.1 Å². The summed E-state index contributed by atoms with van der Waals surface area (Å²) >= 11 is 0. The zero-order valence-electron chi connectivity index (χ0n) is 15.8. The second kappa shape index (κ2) is 8.57. The average molecular weight is 314 g/mol. The molecule has 0 aliphatic heterocycles. The molecule has 2 aromatic rings. The molecule has 0 amide bonds. The van der Waals surface area contributed by atoms with Gasteiger partial charge in [-0.15, -0.1) is 0 Å². The normalized spacial score (nSPS) is 11.5. The van der Waals surface area contributed by atoms with Crippen LogP contribution in [0.1, 0.15) is 87.1 Å². The lowest BCUT2D eigenvalue weighted by molar-refractivity contribution is 0.595. The number of hydrogen-bond acceptors (Lipinski definition) is 1. The van der Waals surface area contributed by atoms with E-state index >= 15 is 0 Å². The van der Waals surface area contributed by atoms with Crippen LogP contribution in [-0.4, -0.2) is 0 Å². The highest BCUT2D eigenvalue weighted by molar-refractivity contribution is 5.89. The smallest absolute Gasteiger partial charge is 0.174 e. The monoisotopic (exact) mass is 313 g/mol. The number of furan rings is 1. The summed E-state index contributed by atoms with van der Waals surface area (Å²) in [5.74, 6) is 0. The Morgan fingerprint density at radius 3 is 1.91 bits per heavy atom. The highest BCUT2D eigenvalue weighted by atomic mass is 16.3. The molecule has 1 aromatic heterocycles. The third-order valence-electron chi connectivity index (χ3n) is 5.17. The van der Waals surface area contributed by atoms with Gasteiger partial charge < -0.3 is 4.42 Å². The van der Waals surface area contributed by atoms with Crippen molar-refractivity contribution in [2.24, 2.45) is 0 Å². The van der Waals surface area contributed by atoms with Gasteiger partial charge in [-0.3, -0.25) is 0 Å². The molecular weight excluding hydrogens is 280 g/mol. The summed E-state index contributed by atoms with van der Waals surface area (Å²) in [6.45, 7) is 11.3. The van der Waals surface area contributed by atoms with Crippen LogP contribution in [0.4, 0.5) is 0 Å². The lowest BCUT2D eigenvalue weighted by Crippen LogP contribution is -2.03. The molecule has 0 unspecified atom stereocenters. The summed E-state index contributed by atoms with van der Waals surface area (Å²) in [5.41, 5.74) is 8.34. The maximum absolute atomic E-state index is 5.91. The molecule has 23 heavy (non-hydrogen) atoms. The molecule has 0 saturated heterocycles. The van der Waals surface area contributed by atoms with Crippen LogP contribution in [0.2, 0.25) is 0 Å². The van der Waals surface area contributed by atoms with Crippen LogP contribution in [0, 0.1) is 20.1 Å². The molecular formula is C22H33O. The van der Waals surface area contributed by atoms with E-state index in [1.54, 1.807) is 11.1 Å². The van der Waals surface area contributed by atoms with Gasteiger partial charge in [-0.2, -0.15) is 0 Å². The summed E-state index contributed by atoms with van der Waals surface area (Å²) in [7, 11) is 0. The Bertz CT molecular complexity index is 633. The van der Waals surface area contributed by atoms with Crippen LogP contribution < -0.4 is 0 Å². The van der Waals surface area contributed by atoms with E-state index in [0.29, 0.717) is 0 Å². The van der Waals surface area contributed by atoms with Crippen LogP contribution in [-0.2, 0) is 19.3 Å². The van der Waals surface area contributed by atoms with E-state index in [-0.39, 0.29) is 0 Å². The lowest BCUT2D eigenvalue weighted by Gasteiger charge is -2.17. The summed E-state index contributed by atoms with van der Waals surface area (Å²) in [4.78, 5) is 0. The predicted octanol–water partition coefficient (Wildman–Crippen LogP) is 6.88. The molecule has 0 spiro atoms. The molecule has 0 aliphatic rings. The molecule has 0 bridgehead atoms. The number of hydrogen-bond donors (Lipinski definition) is 0. The van der Waals surface area contributed by atoms with Gasteiger partial charge in [-0.25, -0.2) is 0 Å². The highest BCUT2D eigenvalue weighted by Crippen LogP contribution is 2.35. The minimum Gasteiger partial charge on any atom is -0.452 e. The first-order valence-electron chi connectivity index (χ1n) is 9.59. The Morgan fingerprint density at radius 1 is 0.739 bits per heavy atom. The van der Waals surface area contributed by atoms with E-state index in [1.807, 2.05) is 0 Å². The SMILES string of the molecule is CCCCc1c(C)c(C)c2o[c]c(CCCC)c2c1CCCC. The van der Waals surface area contributed by atoms with Crippen molar-refractivity contribution in [2.45, 2.75) is 92.4 Å². The molecule has 1 heteroatoms. The van der Waals surface area contributed by atoms with E-state index in [4.69, 9.17) is 4.42 Å². The molecule has 0 saturated carbocycles. The van der Waals surface area contributed by atoms with Gasteiger partial charge in [0.15, 0.2) is 6.26 Å². The van der Waals surface area contributed by atoms with Gasteiger partial charge >= 0.3 is 0 Å². The van der Waals surface area contributed by atoms with E-state index in [1.165, 1.54) is 73.4 Å². The third-order valence-corrected chi connectivity index (χ3v) is 5.17. The van der Waals surface area contributed by atoms with Gasteiger partial charge in [0.05, 0.1) is 0 Å². The number of aryl methyl sites for hydroxylation is 3. The van der Waals surface area contributed by atoms with Gasteiger partial charge in [-0.1, -0.05) is 40.0 Å². The molecule has 0 atom stereocenters. The van der Waals surface area contributed by atoms with Crippen LogP contribution in [0.3, 0.4) is 0 Å². The largest absolute Gasteiger partial charge is 0.452 e. The third kappa shape index (κ3) is 3.82. The zero-order valence-corrected chi connectivity index (χ0v) is 15.8. The lowest BCUT2D eigenvalue weighted by atomic mass is 9.86. The fourth-order valence-electron chi connectivity index (χ4n) is 3.56. The van der Waals surface area contributed by atoms with Crippen molar-refractivity contribution < 1.29 is 4.42 Å². The second-order valence-electron chi connectivity index (χ2n) is 6.90. The number of unbranched alkanes of at least 4 members (excludes halogenated alkanes) is 3. The van der Waals surface area contributed by atoms with Gasteiger partial charge in [0.25, 0.3) is 0 Å². The van der Waals surface area contributed by atoms with Crippen molar-refractivity contribution in [3.63, 3.8) is 0 Å². The summed E-state index contributed by atoms with van der Waals surface area (Å²) < 4.78 is 5.91. The summed E-state index contributed by atoms with van der Waals surface area (Å²) in [6.07, 6.45) is 14.2. The standard InChI is InChI=1S/C22H33O/c1-6-9-12-18-15-23-22-17(5)16(4)19(13-10-7-2)20(21(18)22)14-11-8-3/h6-14H2,1-5H3. The van der Waals surface area contributed by atoms with E-state index < -0.39 is 0 Å². The first-order valence-corrected chi connectivity index (χ1v) is 9.59. The zero-order chi connectivity index (χ0) is 16.8. The van der Waals surface area contributed by atoms with Crippen LogP contribution in [0.25, 0.3) is 11.0 Å². The number of fused-ring (bicyclic) bond motifs is 1. The quantitative estimate of drug-likeness (QED) is 0.492. The average Bonchev–Trinajstić information content (AvgIpc) is 2.98. The topological polar surface area (TPSA) is 13.1 Å². The fraction of sp³-hybridized carbons (Fsp3) is 0.636. The Kier molecular flexibility index (Phi) is 6.74. The molecule has 1 heterocycles. The molecule has 0 aliphatic carbocycles. The molecule has 2 rings (SSSR count). The van der Waals surface area contributed by atoms with E-state index in [9.17, 15) is 0 Å². The van der Waals surface area contributed by atoms with Gasteiger partial charge in [0.1, 0.15) is 5.58 Å². The summed E-state index contributed by atoms with van der Waals surface area (Å²) in [5, 5.41) is 1.40. The molecule has 0 N–H and O–H groups in total. The molecule has 127 valence electrons. The van der Waals surface area contributed by atoms with Crippen molar-refractivity contribution in [3.8, 4) is 0 Å². The minimum absolute atomic E-state index is 1.10. The van der Waals surface area contributed by atoms with Crippen molar-refractivity contribution in [2.75, 3.05) is 0 Å². The van der Waals surface area contributed by atoms with Gasteiger partial charge in [0, 0.05) is 10.9 Å². The molecule has 1 nitrogen and oxygen atoms in total. The van der Waals surface area contributed by atoms with E-state index in [0.717, 1.165) is 12.0 Å². The first-order chi connectivity index (χ1) is 11.2. The molecule has 0 fully saturated rings. The highest BCUT2D eigenvalue weighted by Gasteiger charge is 2.19. The van der Waals surface area contributed by atoms with Crippen molar-refractivity contribution >= 4 is 11.0 Å². The Morgan fingerprint density at radius 2 is 1.30 bits per heavy atom. The number of benzene rings is 1. The van der Waals surface area contributed by atoms with Crippen LogP contribution in [0.5, 0.6) is 0 Å². The minimum atomic E-state index is 1.10. The van der Waals surface area contributed by atoms with Crippen molar-refractivity contribution in [1.29, 1.82) is 0 Å². The first kappa shape index (κ1) is 18.1. The van der Waals surface area contributed by atoms with Crippen molar-refractivity contribution in [1.82, 2.24) is 0 Å². The maximum atomic E-state index is 5.91. The molecule has 1 aromatic carbocycles. The Labute approximate surface area is 142 Å². The van der Waals surface area contributed by atoms with Crippen LogP contribution >= 0.6 is 0 Å². The number of rotatable bonds is 9. The second-order valence-corrected chi connectivity index (χ2v) is 6.90. The van der Waals surface area contributed by atoms with E-state index in [2.05, 4.69) is 40.9 Å². The Hall–Kier alpha value is -1.24. The summed E-state index contributed by atoms with van der Waals surface area (Å²) in [6, 6.07) is 0. The van der Waals surface area contributed by atoms with Gasteiger partial charge in [0.2, 0.25) is 0 Å². The maximum Gasteiger partial charge on any atom is 0.174 e. The molecule has 1 radical (unpaired) electrons.